The summed E-state index contributed by atoms with van der Waals surface area (Å²) in [5.74, 6) is 0.538. The van der Waals surface area contributed by atoms with Gasteiger partial charge in [0.2, 0.25) is 0 Å². The van der Waals surface area contributed by atoms with Crippen LogP contribution in [0.4, 0.5) is 0 Å². The number of amides is 1. The molecule has 0 aliphatic heterocycles. The fourth-order valence-electron chi connectivity index (χ4n) is 2.33. The molecule has 122 valence electrons. The molecule has 0 atom stereocenters. The molecule has 0 unspecified atom stereocenters. The van der Waals surface area contributed by atoms with E-state index in [-0.39, 0.29) is 5.91 Å². The van der Waals surface area contributed by atoms with Gasteiger partial charge in [-0.05, 0) is 23.8 Å². The molecule has 0 radical (unpaired) electrons. The van der Waals surface area contributed by atoms with E-state index in [1.54, 1.807) is 36.6 Å². The van der Waals surface area contributed by atoms with E-state index in [2.05, 4.69) is 22.4 Å². The number of nitrogens with zero attached hydrogens (tertiary/aromatic N) is 1. The highest BCUT2D eigenvalue weighted by Crippen LogP contribution is 2.17. The van der Waals surface area contributed by atoms with Crippen molar-refractivity contribution in [1.29, 1.82) is 0 Å². The Morgan fingerprint density at radius 3 is 2.79 bits per heavy atom. The van der Waals surface area contributed by atoms with Gasteiger partial charge in [0.25, 0.3) is 5.91 Å². The predicted molar refractivity (Wildman–Crippen MR) is 95.5 cm³/mol. The first-order chi connectivity index (χ1) is 11.7. The van der Waals surface area contributed by atoms with Crippen LogP contribution in [0.25, 0.3) is 0 Å². The molecular formula is C19H18N2O2S. The fraction of sp³-hybridized carbons (Fsp3) is 0.158. The Balaban J connectivity index is 1.58. The Labute approximate surface area is 145 Å². The van der Waals surface area contributed by atoms with Crippen LogP contribution in [0.5, 0.6) is 5.75 Å². The van der Waals surface area contributed by atoms with Gasteiger partial charge in [0.1, 0.15) is 10.8 Å². The number of carbonyl (C=O) groups is 1. The number of nitrogens with one attached hydrogen (secondary N) is 1. The third kappa shape index (κ3) is 4.20. The number of hydrogen-bond acceptors (Lipinski definition) is 4. The summed E-state index contributed by atoms with van der Waals surface area (Å²) in [6.45, 7) is 0.426. The summed E-state index contributed by atoms with van der Waals surface area (Å²) in [4.78, 5) is 17.8. The van der Waals surface area contributed by atoms with Crippen LogP contribution in [-0.2, 0) is 13.0 Å². The van der Waals surface area contributed by atoms with E-state index in [1.807, 2.05) is 30.5 Å². The molecule has 0 aliphatic carbocycles. The average molecular weight is 338 g/mol. The van der Waals surface area contributed by atoms with Crippen molar-refractivity contribution in [1.82, 2.24) is 10.3 Å². The smallest absolute Gasteiger partial charge is 0.251 e. The first kappa shape index (κ1) is 16.2. The summed E-state index contributed by atoms with van der Waals surface area (Å²) in [6, 6.07) is 17.4. The zero-order valence-corrected chi connectivity index (χ0v) is 14.2. The van der Waals surface area contributed by atoms with Crippen LogP contribution in [0, 0.1) is 0 Å². The van der Waals surface area contributed by atoms with Crippen molar-refractivity contribution in [2.75, 3.05) is 7.11 Å². The Morgan fingerprint density at radius 2 is 2.00 bits per heavy atom. The van der Waals surface area contributed by atoms with Gasteiger partial charge in [0, 0.05) is 23.1 Å². The second-order valence-corrected chi connectivity index (χ2v) is 6.50. The second-order valence-electron chi connectivity index (χ2n) is 5.30. The quantitative estimate of drug-likeness (QED) is 0.746. The molecule has 0 spiro atoms. The van der Waals surface area contributed by atoms with Gasteiger partial charge in [-0.25, -0.2) is 4.98 Å². The highest BCUT2D eigenvalue weighted by Gasteiger charge is 2.08. The summed E-state index contributed by atoms with van der Waals surface area (Å²) >= 11 is 1.62. The maximum atomic E-state index is 12.2. The van der Waals surface area contributed by atoms with Gasteiger partial charge in [-0.15, -0.1) is 11.3 Å². The Bertz CT molecular complexity index is 815. The van der Waals surface area contributed by atoms with E-state index < -0.39 is 0 Å². The van der Waals surface area contributed by atoms with Gasteiger partial charge in [-0.1, -0.05) is 36.4 Å². The Morgan fingerprint density at radius 1 is 1.17 bits per heavy atom. The lowest BCUT2D eigenvalue weighted by molar-refractivity contribution is 0.0950. The fourth-order valence-corrected chi connectivity index (χ4v) is 3.23. The van der Waals surface area contributed by atoms with Crippen LogP contribution in [0.2, 0.25) is 0 Å². The monoisotopic (exact) mass is 338 g/mol. The van der Waals surface area contributed by atoms with E-state index >= 15 is 0 Å². The number of ether oxygens (including phenoxy) is 1. The number of thiazole rings is 1. The van der Waals surface area contributed by atoms with E-state index in [0.29, 0.717) is 17.9 Å². The van der Waals surface area contributed by atoms with E-state index in [0.717, 1.165) is 11.4 Å². The van der Waals surface area contributed by atoms with Crippen molar-refractivity contribution in [3.05, 3.63) is 81.8 Å². The average Bonchev–Trinajstić information content (AvgIpc) is 3.08. The maximum Gasteiger partial charge on any atom is 0.251 e. The van der Waals surface area contributed by atoms with E-state index in [4.69, 9.17) is 4.74 Å². The number of rotatable bonds is 6. The standard InChI is InChI=1S/C19H18N2O2S/c1-23-16-9-5-8-15(11-16)19(22)21-13-18-20-12-17(24-18)10-14-6-3-2-4-7-14/h2-9,11-12H,10,13H2,1H3,(H,21,22). The lowest BCUT2D eigenvalue weighted by atomic mass is 10.1. The lowest BCUT2D eigenvalue weighted by Crippen LogP contribution is -2.22. The van der Waals surface area contributed by atoms with Gasteiger partial charge in [0.15, 0.2) is 0 Å². The zero-order valence-electron chi connectivity index (χ0n) is 13.4. The highest BCUT2D eigenvalue weighted by molar-refractivity contribution is 7.11. The van der Waals surface area contributed by atoms with Crippen LogP contribution >= 0.6 is 11.3 Å². The number of aromatic nitrogens is 1. The lowest BCUT2D eigenvalue weighted by Gasteiger charge is -2.05. The van der Waals surface area contributed by atoms with Crippen LogP contribution in [-0.4, -0.2) is 18.0 Å². The van der Waals surface area contributed by atoms with Crippen molar-refractivity contribution < 1.29 is 9.53 Å². The molecule has 3 aromatic rings. The highest BCUT2D eigenvalue weighted by atomic mass is 32.1. The third-order valence-electron chi connectivity index (χ3n) is 3.55. The minimum Gasteiger partial charge on any atom is -0.497 e. The van der Waals surface area contributed by atoms with Crippen molar-refractivity contribution in [3.8, 4) is 5.75 Å². The first-order valence-electron chi connectivity index (χ1n) is 7.64. The van der Waals surface area contributed by atoms with Crippen LogP contribution in [0.3, 0.4) is 0 Å². The summed E-state index contributed by atoms with van der Waals surface area (Å²) in [6.07, 6.45) is 2.74. The number of hydrogen-bond donors (Lipinski definition) is 1. The van der Waals surface area contributed by atoms with Crippen LogP contribution < -0.4 is 10.1 Å². The minimum atomic E-state index is -0.131. The molecule has 0 bridgehead atoms. The van der Waals surface area contributed by atoms with Gasteiger partial charge >= 0.3 is 0 Å². The minimum absolute atomic E-state index is 0.131. The Kier molecular flexibility index (Phi) is 5.23. The van der Waals surface area contributed by atoms with Gasteiger partial charge < -0.3 is 10.1 Å². The molecule has 1 amide bonds. The molecule has 0 fully saturated rings. The number of benzene rings is 2. The molecule has 0 saturated heterocycles. The van der Waals surface area contributed by atoms with Gasteiger partial charge in [-0.3, -0.25) is 4.79 Å². The molecule has 0 aliphatic rings. The Hall–Kier alpha value is -2.66. The number of methoxy groups -OCH3 is 1. The molecule has 2 aromatic carbocycles. The molecule has 0 saturated carbocycles. The van der Waals surface area contributed by atoms with Crippen molar-refractivity contribution in [2.45, 2.75) is 13.0 Å². The second kappa shape index (κ2) is 7.75. The molecule has 1 heterocycles. The SMILES string of the molecule is COc1cccc(C(=O)NCc2ncc(Cc3ccccc3)s2)c1. The molecule has 1 aromatic heterocycles. The molecule has 24 heavy (non-hydrogen) atoms. The van der Waals surface area contributed by atoms with Crippen molar-refractivity contribution >= 4 is 17.2 Å². The van der Waals surface area contributed by atoms with E-state index in [1.165, 1.54) is 10.4 Å². The normalized spacial score (nSPS) is 10.4. The summed E-state index contributed by atoms with van der Waals surface area (Å²) in [7, 11) is 1.58. The zero-order chi connectivity index (χ0) is 16.8. The van der Waals surface area contributed by atoms with Gasteiger partial charge in [-0.2, -0.15) is 0 Å². The molecule has 1 N–H and O–H groups in total. The van der Waals surface area contributed by atoms with Crippen LogP contribution in [0.15, 0.2) is 60.8 Å². The van der Waals surface area contributed by atoms with Crippen molar-refractivity contribution in [3.63, 3.8) is 0 Å². The van der Waals surface area contributed by atoms with Crippen molar-refractivity contribution in [2.24, 2.45) is 0 Å². The van der Waals surface area contributed by atoms with E-state index in [9.17, 15) is 4.79 Å². The summed E-state index contributed by atoms with van der Waals surface area (Å²) < 4.78 is 5.14. The largest absolute Gasteiger partial charge is 0.497 e. The first-order valence-corrected chi connectivity index (χ1v) is 8.46. The topological polar surface area (TPSA) is 51.2 Å². The molecule has 4 nitrogen and oxygen atoms in total. The van der Waals surface area contributed by atoms with Crippen LogP contribution in [0.1, 0.15) is 25.8 Å². The summed E-state index contributed by atoms with van der Waals surface area (Å²) in [5.41, 5.74) is 1.84. The summed E-state index contributed by atoms with van der Waals surface area (Å²) in [5, 5.41) is 3.80. The van der Waals surface area contributed by atoms with Gasteiger partial charge in [0.05, 0.1) is 13.7 Å². The molecule has 3 rings (SSSR count). The maximum absolute atomic E-state index is 12.2. The predicted octanol–water partition coefficient (Wildman–Crippen LogP) is 3.67. The molecule has 5 heteroatoms. The third-order valence-corrected chi connectivity index (χ3v) is 4.55. The number of carbonyl (C=O) groups excluding carboxylic acids is 1. The molecular weight excluding hydrogens is 320 g/mol.